The number of nitrogens with zero attached hydrogens (tertiary/aromatic N) is 1. The van der Waals surface area contributed by atoms with Gasteiger partial charge in [-0.3, -0.25) is 0 Å². The van der Waals surface area contributed by atoms with E-state index in [9.17, 15) is 0 Å². The van der Waals surface area contributed by atoms with Crippen molar-refractivity contribution in [2.24, 2.45) is 0 Å². The Bertz CT molecular complexity index is 585. The van der Waals surface area contributed by atoms with Gasteiger partial charge in [-0.25, -0.2) is 4.98 Å². The standard InChI is InChI=1S/C16H21BrN2OS/c1-4-7-18-15(16-10-21-11(2)19-16)9-12-8-13(20-3)5-6-14(12)17/h5-6,8,10,15,18H,4,7,9H2,1-3H3. The van der Waals surface area contributed by atoms with Crippen LogP contribution in [0.4, 0.5) is 0 Å². The molecule has 0 radical (unpaired) electrons. The molecular formula is C16H21BrN2OS. The second-order valence-corrected chi connectivity index (χ2v) is 6.88. The Hall–Kier alpha value is -0.910. The molecule has 0 aliphatic rings. The quantitative estimate of drug-likeness (QED) is 0.780. The third-order valence-electron chi connectivity index (χ3n) is 3.31. The van der Waals surface area contributed by atoms with E-state index in [-0.39, 0.29) is 6.04 Å². The summed E-state index contributed by atoms with van der Waals surface area (Å²) in [7, 11) is 1.70. The summed E-state index contributed by atoms with van der Waals surface area (Å²) in [6.45, 7) is 5.22. The fourth-order valence-electron chi connectivity index (χ4n) is 2.19. The maximum absolute atomic E-state index is 5.33. The van der Waals surface area contributed by atoms with Gasteiger partial charge in [0.2, 0.25) is 0 Å². The van der Waals surface area contributed by atoms with Gasteiger partial charge >= 0.3 is 0 Å². The van der Waals surface area contributed by atoms with Gasteiger partial charge in [0.15, 0.2) is 0 Å². The zero-order valence-corrected chi connectivity index (χ0v) is 15.1. The molecule has 1 heterocycles. The first-order chi connectivity index (χ1) is 10.1. The third-order valence-corrected chi connectivity index (χ3v) is 4.88. The number of nitrogens with one attached hydrogen (secondary N) is 1. The lowest BCUT2D eigenvalue weighted by atomic mass is 10.0. The second kappa shape index (κ2) is 7.92. The minimum Gasteiger partial charge on any atom is -0.497 e. The van der Waals surface area contributed by atoms with Gasteiger partial charge in [-0.1, -0.05) is 22.9 Å². The molecule has 1 unspecified atom stereocenters. The highest BCUT2D eigenvalue weighted by atomic mass is 79.9. The van der Waals surface area contributed by atoms with E-state index < -0.39 is 0 Å². The van der Waals surface area contributed by atoms with Crippen molar-refractivity contribution in [2.45, 2.75) is 32.7 Å². The van der Waals surface area contributed by atoms with E-state index in [0.717, 1.165) is 40.3 Å². The number of rotatable bonds is 7. The van der Waals surface area contributed by atoms with Gasteiger partial charge in [0, 0.05) is 9.85 Å². The van der Waals surface area contributed by atoms with Gasteiger partial charge in [-0.15, -0.1) is 11.3 Å². The average molecular weight is 369 g/mol. The minimum absolute atomic E-state index is 0.235. The topological polar surface area (TPSA) is 34.1 Å². The summed E-state index contributed by atoms with van der Waals surface area (Å²) in [6, 6.07) is 6.33. The fourth-order valence-corrected chi connectivity index (χ4v) is 3.27. The van der Waals surface area contributed by atoms with Gasteiger partial charge in [0.25, 0.3) is 0 Å². The number of aryl methyl sites for hydroxylation is 1. The first-order valence-corrected chi connectivity index (χ1v) is 8.79. The number of thiazole rings is 1. The van der Waals surface area contributed by atoms with Crippen LogP contribution in [0.15, 0.2) is 28.1 Å². The average Bonchev–Trinajstić information content (AvgIpc) is 2.91. The first kappa shape index (κ1) is 16.5. The molecule has 0 fully saturated rings. The molecule has 0 aliphatic heterocycles. The van der Waals surface area contributed by atoms with Crippen molar-refractivity contribution < 1.29 is 4.74 Å². The first-order valence-electron chi connectivity index (χ1n) is 7.11. The molecule has 0 saturated heterocycles. The molecule has 1 aromatic carbocycles. The van der Waals surface area contributed by atoms with Crippen LogP contribution in [-0.2, 0) is 6.42 Å². The number of aromatic nitrogens is 1. The Morgan fingerprint density at radius 2 is 2.24 bits per heavy atom. The van der Waals surface area contributed by atoms with Gasteiger partial charge in [-0.2, -0.15) is 0 Å². The normalized spacial score (nSPS) is 12.4. The summed E-state index contributed by atoms with van der Waals surface area (Å²) in [6.07, 6.45) is 2.00. The molecule has 0 aliphatic carbocycles. The van der Waals surface area contributed by atoms with E-state index in [1.807, 2.05) is 19.1 Å². The molecule has 2 rings (SSSR count). The van der Waals surface area contributed by atoms with Crippen molar-refractivity contribution >= 4 is 27.3 Å². The zero-order valence-electron chi connectivity index (χ0n) is 12.6. The van der Waals surface area contributed by atoms with Crippen LogP contribution < -0.4 is 10.1 Å². The van der Waals surface area contributed by atoms with Crippen LogP contribution in [0.5, 0.6) is 5.75 Å². The van der Waals surface area contributed by atoms with Crippen molar-refractivity contribution in [3.8, 4) is 5.75 Å². The Morgan fingerprint density at radius 3 is 2.86 bits per heavy atom. The minimum atomic E-state index is 0.235. The fraction of sp³-hybridized carbons (Fsp3) is 0.438. The van der Waals surface area contributed by atoms with Crippen LogP contribution in [-0.4, -0.2) is 18.6 Å². The highest BCUT2D eigenvalue weighted by Gasteiger charge is 2.16. The predicted octanol–water partition coefficient (Wildman–Crippen LogP) is 4.51. The summed E-state index contributed by atoms with van der Waals surface area (Å²) >= 11 is 5.33. The molecule has 21 heavy (non-hydrogen) atoms. The van der Waals surface area contributed by atoms with Crippen molar-refractivity contribution in [3.05, 3.63) is 44.3 Å². The van der Waals surface area contributed by atoms with Gasteiger partial charge in [0.1, 0.15) is 5.75 Å². The molecule has 1 N–H and O–H groups in total. The monoisotopic (exact) mass is 368 g/mol. The molecule has 0 amide bonds. The largest absolute Gasteiger partial charge is 0.497 e. The van der Waals surface area contributed by atoms with Crippen LogP contribution in [0.25, 0.3) is 0 Å². The Labute approximate surface area is 138 Å². The smallest absolute Gasteiger partial charge is 0.119 e. The lowest BCUT2D eigenvalue weighted by Gasteiger charge is -2.18. The number of hydrogen-bond acceptors (Lipinski definition) is 4. The summed E-state index contributed by atoms with van der Waals surface area (Å²) in [5.74, 6) is 0.886. The molecule has 0 spiro atoms. The van der Waals surface area contributed by atoms with E-state index in [0.29, 0.717) is 0 Å². The van der Waals surface area contributed by atoms with Gasteiger partial charge in [0.05, 0.1) is 23.9 Å². The van der Waals surface area contributed by atoms with Gasteiger partial charge in [-0.05, 0) is 50.1 Å². The molecule has 1 aromatic heterocycles. The maximum Gasteiger partial charge on any atom is 0.119 e. The third kappa shape index (κ3) is 4.53. The van der Waals surface area contributed by atoms with E-state index in [2.05, 4.69) is 44.6 Å². The van der Waals surface area contributed by atoms with Crippen LogP contribution in [0, 0.1) is 6.92 Å². The Balaban J connectivity index is 2.22. The van der Waals surface area contributed by atoms with Crippen molar-refractivity contribution in [2.75, 3.05) is 13.7 Å². The number of halogens is 1. The van der Waals surface area contributed by atoms with Crippen molar-refractivity contribution in [1.82, 2.24) is 10.3 Å². The van der Waals surface area contributed by atoms with Crippen molar-refractivity contribution in [3.63, 3.8) is 0 Å². The molecule has 0 saturated carbocycles. The molecule has 2 aromatic rings. The molecule has 0 bridgehead atoms. The summed E-state index contributed by atoms with van der Waals surface area (Å²) in [4.78, 5) is 4.64. The van der Waals surface area contributed by atoms with E-state index >= 15 is 0 Å². The van der Waals surface area contributed by atoms with Crippen molar-refractivity contribution in [1.29, 1.82) is 0 Å². The highest BCUT2D eigenvalue weighted by molar-refractivity contribution is 9.10. The summed E-state index contributed by atoms with van der Waals surface area (Å²) in [5.41, 5.74) is 2.36. The number of benzene rings is 1. The van der Waals surface area contributed by atoms with Crippen LogP contribution in [0.1, 0.15) is 35.7 Å². The highest BCUT2D eigenvalue weighted by Crippen LogP contribution is 2.28. The Kier molecular flexibility index (Phi) is 6.21. The molecule has 3 nitrogen and oxygen atoms in total. The second-order valence-electron chi connectivity index (χ2n) is 4.96. The van der Waals surface area contributed by atoms with E-state index in [1.165, 1.54) is 5.56 Å². The zero-order chi connectivity index (χ0) is 15.2. The van der Waals surface area contributed by atoms with E-state index in [4.69, 9.17) is 4.74 Å². The predicted molar refractivity (Wildman–Crippen MR) is 92.3 cm³/mol. The number of ether oxygens (including phenoxy) is 1. The van der Waals surface area contributed by atoms with E-state index in [1.54, 1.807) is 18.4 Å². The number of methoxy groups -OCH3 is 1. The Morgan fingerprint density at radius 1 is 1.43 bits per heavy atom. The van der Waals surface area contributed by atoms with Crippen LogP contribution >= 0.6 is 27.3 Å². The van der Waals surface area contributed by atoms with Gasteiger partial charge < -0.3 is 10.1 Å². The lowest BCUT2D eigenvalue weighted by molar-refractivity contribution is 0.413. The molecule has 5 heteroatoms. The number of hydrogen-bond donors (Lipinski definition) is 1. The molecule has 114 valence electrons. The molecule has 1 atom stereocenters. The molecular weight excluding hydrogens is 348 g/mol. The van der Waals surface area contributed by atoms with Crippen LogP contribution in [0.2, 0.25) is 0 Å². The SMILES string of the molecule is CCCNC(Cc1cc(OC)ccc1Br)c1csc(C)n1. The lowest BCUT2D eigenvalue weighted by Crippen LogP contribution is -2.24. The summed E-state index contributed by atoms with van der Waals surface area (Å²) < 4.78 is 6.44. The maximum atomic E-state index is 5.33. The summed E-state index contributed by atoms with van der Waals surface area (Å²) in [5, 5.41) is 6.85. The van der Waals surface area contributed by atoms with Crippen LogP contribution in [0.3, 0.4) is 0 Å².